The molecule has 0 aliphatic heterocycles. The average Bonchev–Trinajstić information content (AvgIpc) is 2.27. The number of thioether (sulfide) groups is 1. The second-order valence-corrected chi connectivity index (χ2v) is 4.95. The molecule has 1 aromatic rings. The summed E-state index contributed by atoms with van der Waals surface area (Å²) in [7, 11) is 0. The van der Waals surface area contributed by atoms with E-state index in [4.69, 9.17) is 5.26 Å². The van der Waals surface area contributed by atoms with E-state index in [0.29, 0.717) is 18.0 Å². The van der Waals surface area contributed by atoms with Crippen molar-refractivity contribution in [3.05, 3.63) is 29.6 Å². The minimum absolute atomic E-state index is 0.241. The Balaban J connectivity index is 2.73. The van der Waals surface area contributed by atoms with Crippen molar-refractivity contribution in [1.29, 1.82) is 5.26 Å². The fraction of sp³-hybridized carbons (Fsp3) is 0.417. The van der Waals surface area contributed by atoms with Crippen molar-refractivity contribution in [1.82, 2.24) is 0 Å². The molecule has 0 unspecified atom stereocenters. The molecule has 17 heavy (non-hydrogen) atoms. The Kier molecular flexibility index (Phi) is 4.79. The van der Waals surface area contributed by atoms with Crippen LogP contribution < -0.4 is 5.32 Å². The minimum atomic E-state index is -0.861. The van der Waals surface area contributed by atoms with Gasteiger partial charge in [0.2, 0.25) is 0 Å². The third-order valence-corrected chi connectivity index (χ3v) is 3.13. The van der Waals surface area contributed by atoms with Crippen LogP contribution in [0.1, 0.15) is 12.5 Å². The lowest BCUT2D eigenvalue weighted by atomic mass is 10.1. The van der Waals surface area contributed by atoms with Crippen molar-refractivity contribution in [2.75, 3.05) is 23.9 Å². The van der Waals surface area contributed by atoms with Crippen molar-refractivity contribution in [3.63, 3.8) is 0 Å². The standard InChI is InChI=1S/C12H15FN2OS/c1-12(16,8-17-2)7-15-11-4-3-10(13)5-9(11)6-14/h3-5,15-16H,7-8H2,1-2H3/t12-/m0/s1. The molecule has 0 bridgehead atoms. The summed E-state index contributed by atoms with van der Waals surface area (Å²) in [4.78, 5) is 0. The number of nitrogens with zero attached hydrogens (tertiary/aromatic N) is 1. The monoisotopic (exact) mass is 254 g/mol. The second-order valence-electron chi connectivity index (χ2n) is 4.09. The van der Waals surface area contributed by atoms with Gasteiger partial charge in [0.25, 0.3) is 0 Å². The number of hydrogen-bond donors (Lipinski definition) is 2. The molecule has 0 spiro atoms. The summed E-state index contributed by atoms with van der Waals surface area (Å²) in [5, 5.41) is 21.8. The Morgan fingerprint density at radius 3 is 2.88 bits per heavy atom. The number of halogens is 1. The van der Waals surface area contributed by atoms with Crippen LogP contribution in [-0.4, -0.2) is 29.3 Å². The van der Waals surface area contributed by atoms with Gasteiger partial charge in [0.05, 0.1) is 16.9 Å². The number of nitriles is 1. The van der Waals surface area contributed by atoms with Gasteiger partial charge in [0, 0.05) is 12.3 Å². The highest BCUT2D eigenvalue weighted by molar-refractivity contribution is 7.98. The Morgan fingerprint density at radius 2 is 2.29 bits per heavy atom. The topological polar surface area (TPSA) is 56.0 Å². The van der Waals surface area contributed by atoms with Crippen LogP contribution in [0.3, 0.4) is 0 Å². The van der Waals surface area contributed by atoms with E-state index in [1.54, 1.807) is 18.7 Å². The molecule has 1 atom stereocenters. The Labute approximate surface area is 105 Å². The van der Waals surface area contributed by atoms with Gasteiger partial charge in [-0.1, -0.05) is 0 Å². The van der Waals surface area contributed by atoms with E-state index in [9.17, 15) is 9.50 Å². The van der Waals surface area contributed by atoms with Gasteiger partial charge in [-0.05, 0) is 31.4 Å². The van der Waals surface area contributed by atoms with Crippen molar-refractivity contribution in [2.24, 2.45) is 0 Å². The third kappa shape index (κ3) is 4.25. The van der Waals surface area contributed by atoms with E-state index in [1.807, 2.05) is 12.3 Å². The molecule has 1 rings (SSSR count). The number of rotatable bonds is 5. The number of hydrogen-bond acceptors (Lipinski definition) is 4. The molecule has 0 aliphatic rings. The molecule has 3 nitrogen and oxygen atoms in total. The highest BCUT2D eigenvalue weighted by atomic mass is 32.2. The number of nitrogens with one attached hydrogen (secondary N) is 1. The van der Waals surface area contributed by atoms with E-state index in [0.717, 1.165) is 0 Å². The highest BCUT2D eigenvalue weighted by Crippen LogP contribution is 2.18. The minimum Gasteiger partial charge on any atom is -0.387 e. The van der Waals surface area contributed by atoms with Gasteiger partial charge in [-0.25, -0.2) is 4.39 Å². The van der Waals surface area contributed by atoms with Gasteiger partial charge in [-0.3, -0.25) is 0 Å². The summed E-state index contributed by atoms with van der Waals surface area (Å²) in [5.41, 5.74) is -0.0826. The van der Waals surface area contributed by atoms with Crippen LogP contribution in [0.25, 0.3) is 0 Å². The fourth-order valence-electron chi connectivity index (χ4n) is 1.41. The summed E-state index contributed by atoms with van der Waals surface area (Å²) in [5.74, 6) is 0.145. The molecule has 1 aromatic carbocycles. The maximum absolute atomic E-state index is 12.9. The highest BCUT2D eigenvalue weighted by Gasteiger charge is 2.19. The first-order chi connectivity index (χ1) is 7.98. The van der Waals surface area contributed by atoms with Crippen molar-refractivity contribution < 1.29 is 9.50 Å². The zero-order chi connectivity index (χ0) is 12.9. The van der Waals surface area contributed by atoms with Crippen LogP contribution in [0.5, 0.6) is 0 Å². The lowest BCUT2D eigenvalue weighted by molar-refractivity contribution is 0.0997. The normalized spacial score (nSPS) is 13.8. The summed E-state index contributed by atoms with van der Waals surface area (Å²) in [6, 6.07) is 5.87. The number of benzene rings is 1. The van der Waals surface area contributed by atoms with Crippen LogP contribution in [0.2, 0.25) is 0 Å². The van der Waals surface area contributed by atoms with Crippen molar-refractivity contribution in [2.45, 2.75) is 12.5 Å². The molecular weight excluding hydrogens is 239 g/mol. The zero-order valence-electron chi connectivity index (χ0n) is 9.83. The van der Waals surface area contributed by atoms with Gasteiger partial charge >= 0.3 is 0 Å². The lowest BCUT2D eigenvalue weighted by Gasteiger charge is -2.23. The summed E-state index contributed by atoms with van der Waals surface area (Å²) in [6.45, 7) is 2.03. The summed E-state index contributed by atoms with van der Waals surface area (Å²) < 4.78 is 12.9. The van der Waals surface area contributed by atoms with Crippen molar-refractivity contribution >= 4 is 17.4 Å². The van der Waals surface area contributed by atoms with Gasteiger partial charge in [0.15, 0.2) is 0 Å². The third-order valence-electron chi connectivity index (χ3n) is 2.22. The second kappa shape index (κ2) is 5.89. The molecule has 0 saturated carbocycles. The predicted octanol–water partition coefficient (Wildman–Crippen LogP) is 2.22. The maximum atomic E-state index is 12.9. The molecule has 92 valence electrons. The number of anilines is 1. The van der Waals surface area contributed by atoms with E-state index in [2.05, 4.69) is 5.32 Å². The van der Waals surface area contributed by atoms with E-state index in [1.165, 1.54) is 18.2 Å². The Hall–Kier alpha value is -1.25. The van der Waals surface area contributed by atoms with E-state index >= 15 is 0 Å². The molecule has 0 aromatic heterocycles. The first kappa shape index (κ1) is 13.8. The van der Waals surface area contributed by atoms with Crippen LogP contribution >= 0.6 is 11.8 Å². The molecule has 5 heteroatoms. The van der Waals surface area contributed by atoms with Crippen LogP contribution in [-0.2, 0) is 0 Å². The first-order valence-electron chi connectivity index (χ1n) is 5.13. The molecule has 0 aliphatic carbocycles. The fourth-order valence-corrected chi connectivity index (χ4v) is 2.13. The van der Waals surface area contributed by atoms with Gasteiger partial charge < -0.3 is 10.4 Å². The molecule has 0 heterocycles. The molecule has 0 radical (unpaired) electrons. The predicted molar refractivity (Wildman–Crippen MR) is 68.6 cm³/mol. The Morgan fingerprint density at radius 1 is 1.59 bits per heavy atom. The molecule has 0 amide bonds. The SMILES string of the molecule is CSC[C@@](C)(O)CNc1ccc(F)cc1C#N. The molecule has 0 saturated heterocycles. The van der Waals surface area contributed by atoms with Gasteiger partial charge in [0.1, 0.15) is 11.9 Å². The smallest absolute Gasteiger partial charge is 0.124 e. The van der Waals surface area contributed by atoms with E-state index < -0.39 is 11.4 Å². The maximum Gasteiger partial charge on any atom is 0.124 e. The van der Waals surface area contributed by atoms with Crippen LogP contribution in [0.15, 0.2) is 18.2 Å². The first-order valence-corrected chi connectivity index (χ1v) is 6.53. The lowest BCUT2D eigenvalue weighted by Crippen LogP contribution is -2.36. The van der Waals surface area contributed by atoms with Crippen LogP contribution in [0.4, 0.5) is 10.1 Å². The average molecular weight is 254 g/mol. The number of aliphatic hydroxyl groups is 1. The molecular formula is C12H15FN2OS. The quantitative estimate of drug-likeness (QED) is 0.846. The summed E-state index contributed by atoms with van der Waals surface area (Å²) in [6.07, 6.45) is 1.91. The van der Waals surface area contributed by atoms with E-state index in [-0.39, 0.29) is 5.56 Å². The zero-order valence-corrected chi connectivity index (χ0v) is 10.6. The van der Waals surface area contributed by atoms with Gasteiger partial charge in [-0.2, -0.15) is 17.0 Å². The Bertz CT molecular complexity index is 429. The largest absolute Gasteiger partial charge is 0.387 e. The van der Waals surface area contributed by atoms with Crippen LogP contribution in [0, 0.1) is 17.1 Å². The van der Waals surface area contributed by atoms with Crippen molar-refractivity contribution in [3.8, 4) is 6.07 Å². The summed E-state index contributed by atoms with van der Waals surface area (Å²) >= 11 is 1.54. The molecule has 0 fully saturated rings. The molecule has 2 N–H and O–H groups in total. The van der Waals surface area contributed by atoms with Gasteiger partial charge in [-0.15, -0.1) is 0 Å².